The fourth-order valence-electron chi connectivity index (χ4n) is 2.85. The Labute approximate surface area is 122 Å². The minimum atomic E-state index is -0.431. The van der Waals surface area contributed by atoms with Crippen molar-refractivity contribution in [2.45, 2.75) is 19.4 Å². The van der Waals surface area contributed by atoms with Crippen molar-refractivity contribution >= 4 is 17.2 Å². The van der Waals surface area contributed by atoms with Crippen LogP contribution in [0.25, 0.3) is 0 Å². The van der Waals surface area contributed by atoms with Crippen LogP contribution in [0.3, 0.4) is 0 Å². The van der Waals surface area contributed by atoms with Gasteiger partial charge in [-0.2, -0.15) is 0 Å². The van der Waals surface area contributed by atoms with Crippen molar-refractivity contribution in [2.24, 2.45) is 7.05 Å². The summed E-state index contributed by atoms with van der Waals surface area (Å²) in [5, 5.41) is 11.1. The van der Waals surface area contributed by atoms with Gasteiger partial charge in [0.25, 0.3) is 0 Å². The summed E-state index contributed by atoms with van der Waals surface area (Å²) in [4.78, 5) is 16.6. The summed E-state index contributed by atoms with van der Waals surface area (Å²) in [7, 11) is 1.78. The van der Waals surface area contributed by atoms with Crippen molar-refractivity contribution in [1.82, 2.24) is 9.55 Å². The smallest absolute Gasteiger partial charge is 0.386 e. The molecule has 0 amide bonds. The minimum Gasteiger partial charge on any atom is -0.398 e. The maximum atomic E-state index is 11.1. The lowest BCUT2D eigenvalue weighted by Gasteiger charge is -2.31. The highest BCUT2D eigenvalue weighted by Gasteiger charge is 2.25. The summed E-state index contributed by atoms with van der Waals surface area (Å²) in [6, 6.07) is 5.84. The van der Waals surface area contributed by atoms with E-state index in [9.17, 15) is 10.1 Å². The van der Waals surface area contributed by atoms with Gasteiger partial charge in [-0.25, -0.2) is 0 Å². The molecule has 2 aromatic rings. The monoisotopic (exact) mass is 287 g/mol. The van der Waals surface area contributed by atoms with Gasteiger partial charge in [-0.1, -0.05) is 6.07 Å². The molecule has 1 aliphatic heterocycles. The Balaban J connectivity index is 1.96. The van der Waals surface area contributed by atoms with Crippen molar-refractivity contribution < 1.29 is 4.92 Å². The number of nitrogens with zero attached hydrogens (tertiary/aromatic N) is 4. The molecule has 21 heavy (non-hydrogen) atoms. The second kappa shape index (κ2) is 5.08. The van der Waals surface area contributed by atoms with Crippen molar-refractivity contribution in [1.29, 1.82) is 0 Å². The second-order valence-corrected chi connectivity index (χ2v) is 5.25. The molecule has 1 aromatic carbocycles. The summed E-state index contributed by atoms with van der Waals surface area (Å²) >= 11 is 0. The molecule has 2 heterocycles. The van der Waals surface area contributed by atoms with Crippen LogP contribution in [-0.2, 0) is 20.0 Å². The Morgan fingerprint density at radius 1 is 1.48 bits per heavy atom. The van der Waals surface area contributed by atoms with Crippen LogP contribution in [-0.4, -0.2) is 21.0 Å². The van der Waals surface area contributed by atoms with E-state index >= 15 is 0 Å². The molecule has 0 saturated heterocycles. The molecule has 0 aliphatic carbocycles. The molecular formula is C14H17N5O2. The number of aromatic nitrogens is 2. The number of benzene rings is 1. The Hall–Kier alpha value is -2.57. The summed E-state index contributed by atoms with van der Waals surface area (Å²) in [6.45, 7) is 1.32. The van der Waals surface area contributed by atoms with Gasteiger partial charge in [0.1, 0.15) is 5.69 Å². The molecule has 1 aromatic heterocycles. The number of nitro groups is 1. The molecule has 0 unspecified atom stereocenters. The summed E-state index contributed by atoms with van der Waals surface area (Å²) in [5.41, 5.74) is 9.63. The van der Waals surface area contributed by atoms with Crippen molar-refractivity contribution in [3.8, 4) is 0 Å². The maximum Gasteiger partial charge on any atom is 0.386 e. The van der Waals surface area contributed by atoms with Gasteiger partial charge in [-0.05, 0) is 40.4 Å². The zero-order chi connectivity index (χ0) is 15.0. The van der Waals surface area contributed by atoms with Crippen LogP contribution in [0.15, 0.2) is 24.5 Å². The quantitative estimate of drug-likeness (QED) is 0.528. The fraction of sp³-hybridized carbons (Fsp3) is 0.357. The molecular weight excluding hydrogens is 270 g/mol. The summed E-state index contributed by atoms with van der Waals surface area (Å²) in [5.74, 6) is -0.0754. The van der Waals surface area contributed by atoms with Crippen molar-refractivity contribution in [3.63, 3.8) is 0 Å². The first kappa shape index (κ1) is 13.4. The van der Waals surface area contributed by atoms with Crippen molar-refractivity contribution in [2.75, 3.05) is 17.2 Å². The van der Waals surface area contributed by atoms with Crippen LogP contribution in [0.5, 0.6) is 0 Å². The van der Waals surface area contributed by atoms with Crippen molar-refractivity contribution in [3.05, 3.63) is 45.9 Å². The normalized spacial score (nSPS) is 14.0. The number of rotatable bonds is 3. The average molecular weight is 287 g/mol. The zero-order valence-corrected chi connectivity index (χ0v) is 11.8. The highest BCUT2D eigenvalue weighted by molar-refractivity contribution is 5.66. The van der Waals surface area contributed by atoms with E-state index in [-0.39, 0.29) is 5.82 Å². The Morgan fingerprint density at radius 3 is 3.05 bits per heavy atom. The highest BCUT2D eigenvalue weighted by Crippen LogP contribution is 2.33. The molecule has 2 N–H and O–H groups in total. The molecule has 0 fully saturated rings. The Morgan fingerprint density at radius 2 is 2.29 bits per heavy atom. The lowest BCUT2D eigenvalue weighted by Crippen LogP contribution is -2.30. The SMILES string of the molecule is Cn1cnc([N+](=O)[O-])c1CN1CCCc2c(N)cccc21. The fourth-order valence-corrected chi connectivity index (χ4v) is 2.85. The Bertz CT molecular complexity index is 695. The molecule has 3 rings (SSSR count). The zero-order valence-electron chi connectivity index (χ0n) is 11.8. The molecule has 0 spiro atoms. The largest absolute Gasteiger partial charge is 0.398 e. The van der Waals surface area contributed by atoms with Crippen LogP contribution >= 0.6 is 0 Å². The maximum absolute atomic E-state index is 11.1. The van der Waals surface area contributed by atoms with E-state index in [1.807, 2.05) is 18.2 Å². The van der Waals surface area contributed by atoms with Gasteiger partial charge in [0.2, 0.25) is 6.33 Å². The number of nitrogen functional groups attached to an aromatic ring is 1. The van der Waals surface area contributed by atoms with Crippen LogP contribution in [0, 0.1) is 10.1 Å². The number of hydrogen-bond acceptors (Lipinski definition) is 5. The molecule has 0 radical (unpaired) electrons. The van der Waals surface area contributed by atoms with Crippen LogP contribution in [0.4, 0.5) is 17.2 Å². The Kier molecular flexibility index (Phi) is 3.25. The van der Waals surface area contributed by atoms with Gasteiger partial charge in [-0.3, -0.25) is 0 Å². The van der Waals surface area contributed by atoms with Gasteiger partial charge in [0.15, 0.2) is 0 Å². The number of hydrogen-bond donors (Lipinski definition) is 1. The topological polar surface area (TPSA) is 90.2 Å². The first-order valence-electron chi connectivity index (χ1n) is 6.85. The van der Waals surface area contributed by atoms with Gasteiger partial charge < -0.3 is 25.3 Å². The first-order valence-corrected chi connectivity index (χ1v) is 6.85. The third kappa shape index (κ3) is 2.31. The van der Waals surface area contributed by atoms with E-state index in [0.29, 0.717) is 12.2 Å². The molecule has 1 aliphatic rings. The minimum absolute atomic E-state index is 0.0754. The second-order valence-electron chi connectivity index (χ2n) is 5.25. The molecule has 7 heteroatoms. The molecule has 0 bridgehead atoms. The predicted octanol–water partition coefficient (Wildman–Crippen LogP) is 1.86. The predicted molar refractivity (Wildman–Crippen MR) is 80.1 cm³/mol. The van der Waals surface area contributed by atoms with Crippen LogP contribution in [0.1, 0.15) is 17.7 Å². The number of aryl methyl sites for hydroxylation is 1. The van der Waals surface area contributed by atoms with Gasteiger partial charge in [0, 0.05) is 25.0 Å². The van der Waals surface area contributed by atoms with E-state index in [1.165, 1.54) is 6.33 Å². The number of anilines is 2. The molecule has 7 nitrogen and oxygen atoms in total. The highest BCUT2D eigenvalue weighted by atomic mass is 16.6. The average Bonchev–Trinajstić information content (AvgIpc) is 2.82. The number of fused-ring (bicyclic) bond motifs is 1. The summed E-state index contributed by atoms with van der Waals surface area (Å²) < 4.78 is 1.71. The molecule has 0 saturated carbocycles. The number of imidazole rings is 1. The van der Waals surface area contributed by atoms with E-state index in [1.54, 1.807) is 11.6 Å². The van der Waals surface area contributed by atoms with Gasteiger partial charge in [0.05, 0.1) is 6.54 Å². The van der Waals surface area contributed by atoms with E-state index < -0.39 is 4.92 Å². The molecule has 110 valence electrons. The van der Waals surface area contributed by atoms with Gasteiger partial charge in [-0.15, -0.1) is 0 Å². The lowest BCUT2D eigenvalue weighted by atomic mass is 10.00. The van der Waals surface area contributed by atoms with Crippen LogP contribution in [0.2, 0.25) is 0 Å². The molecule has 0 atom stereocenters. The summed E-state index contributed by atoms with van der Waals surface area (Å²) in [6.07, 6.45) is 3.43. The number of nitrogens with two attached hydrogens (primary N) is 1. The standard InChI is InChI=1S/C14H17N5O2/c1-17-9-16-14(19(20)21)13(17)8-18-7-3-4-10-11(15)5-2-6-12(10)18/h2,5-6,9H,3-4,7-8,15H2,1H3. The van der Waals surface area contributed by atoms with E-state index in [4.69, 9.17) is 5.73 Å². The van der Waals surface area contributed by atoms with E-state index in [2.05, 4.69) is 9.88 Å². The first-order chi connectivity index (χ1) is 10.1. The van der Waals surface area contributed by atoms with E-state index in [0.717, 1.165) is 36.3 Å². The van der Waals surface area contributed by atoms with Crippen LogP contribution < -0.4 is 10.6 Å². The lowest BCUT2D eigenvalue weighted by molar-refractivity contribution is -0.390. The third-order valence-electron chi connectivity index (χ3n) is 3.93. The van der Waals surface area contributed by atoms with Gasteiger partial charge >= 0.3 is 5.82 Å². The third-order valence-corrected chi connectivity index (χ3v) is 3.93.